The van der Waals surface area contributed by atoms with Crippen LogP contribution < -0.4 is 0 Å². The van der Waals surface area contributed by atoms with E-state index in [0.717, 1.165) is 11.1 Å². The van der Waals surface area contributed by atoms with Gasteiger partial charge in [0, 0.05) is 0 Å². The molecule has 72 valence electrons. The van der Waals surface area contributed by atoms with E-state index in [0.29, 0.717) is 0 Å². The lowest BCUT2D eigenvalue weighted by Crippen LogP contribution is -2.18. The lowest BCUT2D eigenvalue weighted by Gasteiger charge is -2.27. The fourth-order valence-electron chi connectivity index (χ4n) is 1.36. The van der Waals surface area contributed by atoms with Crippen molar-refractivity contribution in [1.29, 1.82) is 0 Å². The highest BCUT2D eigenvalue weighted by molar-refractivity contribution is 5.28. The molecule has 0 aliphatic rings. The molecule has 1 aromatic carbocycles. The number of aryl methyl sites for hydroxylation is 1. The topological polar surface area (TPSA) is 20.2 Å². The van der Waals surface area contributed by atoms with Gasteiger partial charge in [-0.25, -0.2) is 0 Å². The fraction of sp³-hybridized carbons (Fsp3) is 0.500. The largest absolute Gasteiger partial charge is 0.388 e. The maximum Gasteiger partial charge on any atom is 0.0840 e. The number of hydrogen-bond acceptors (Lipinski definition) is 1. The van der Waals surface area contributed by atoms with Crippen LogP contribution in [0, 0.1) is 12.3 Å². The highest BCUT2D eigenvalue weighted by Gasteiger charge is 2.24. The highest BCUT2D eigenvalue weighted by Crippen LogP contribution is 2.33. The summed E-state index contributed by atoms with van der Waals surface area (Å²) in [6.45, 7) is 8.17. The maximum absolute atomic E-state index is 10.0. The van der Waals surface area contributed by atoms with Gasteiger partial charge in [-0.1, -0.05) is 45.0 Å². The summed E-state index contributed by atoms with van der Waals surface area (Å²) in [7, 11) is 0. The summed E-state index contributed by atoms with van der Waals surface area (Å²) < 4.78 is 0. The molecule has 0 saturated carbocycles. The molecule has 0 aliphatic heterocycles. The minimum absolute atomic E-state index is 0.0912. The third-order valence-corrected chi connectivity index (χ3v) is 2.30. The van der Waals surface area contributed by atoms with Crippen LogP contribution in [-0.2, 0) is 0 Å². The molecule has 1 rings (SSSR count). The molecule has 0 bridgehead atoms. The van der Waals surface area contributed by atoms with Crippen molar-refractivity contribution in [2.75, 3.05) is 0 Å². The summed E-state index contributed by atoms with van der Waals surface area (Å²) in [6, 6.07) is 7.99. The number of rotatable bonds is 1. The van der Waals surface area contributed by atoms with Crippen LogP contribution in [0.25, 0.3) is 0 Å². The lowest BCUT2D eigenvalue weighted by molar-refractivity contribution is 0.0621. The molecule has 0 spiro atoms. The minimum Gasteiger partial charge on any atom is -0.388 e. The van der Waals surface area contributed by atoms with Crippen molar-refractivity contribution in [3.63, 3.8) is 0 Å². The van der Waals surface area contributed by atoms with Crippen LogP contribution in [0.1, 0.15) is 38.0 Å². The molecule has 0 fully saturated rings. The first-order valence-corrected chi connectivity index (χ1v) is 4.66. The molecule has 0 aliphatic carbocycles. The van der Waals surface area contributed by atoms with Crippen LogP contribution in [0.15, 0.2) is 24.3 Å². The Morgan fingerprint density at radius 3 is 2.15 bits per heavy atom. The zero-order valence-electron chi connectivity index (χ0n) is 8.83. The van der Waals surface area contributed by atoms with E-state index in [1.807, 2.05) is 52.0 Å². The van der Waals surface area contributed by atoms with Gasteiger partial charge in [0.1, 0.15) is 0 Å². The quantitative estimate of drug-likeness (QED) is 0.700. The Morgan fingerprint density at radius 1 is 1.15 bits per heavy atom. The Labute approximate surface area is 80.4 Å². The summed E-state index contributed by atoms with van der Waals surface area (Å²) in [6.07, 6.45) is -0.381. The van der Waals surface area contributed by atoms with E-state index in [-0.39, 0.29) is 11.5 Å². The smallest absolute Gasteiger partial charge is 0.0840 e. The lowest BCUT2D eigenvalue weighted by atomic mass is 9.83. The van der Waals surface area contributed by atoms with E-state index in [4.69, 9.17) is 0 Å². The van der Waals surface area contributed by atoms with Gasteiger partial charge in [-0.15, -0.1) is 0 Å². The second kappa shape index (κ2) is 3.51. The van der Waals surface area contributed by atoms with Crippen LogP contribution in [-0.4, -0.2) is 5.11 Å². The van der Waals surface area contributed by atoms with E-state index in [1.165, 1.54) is 0 Å². The molecular weight excluding hydrogens is 160 g/mol. The van der Waals surface area contributed by atoms with Crippen LogP contribution in [0.2, 0.25) is 0 Å². The van der Waals surface area contributed by atoms with E-state index in [2.05, 4.69) is 0 Å². The molecule has 1 nitrogen and oxygen atoms in total. The van der Waals surface area contributed by atoms with Crippen LogP contribution in [0.5, 0.6) is 0 Å². The molecule has 1 aromatic rings. The number of benzene rings is 1. The number of aliphatic hydroxyl groups is 1. The van der Waals surface area contributed by atoms with Crippen LogP contribution in [0.4, 0.5) is 0 Å². The van der Waals surface area contributed by atoms with E-state index >= 15 is 0 Å². The van der Waals surface area contributed by atoms with E-state index < -0.39 is 0 Å². The Hall–Kier alpha value is -0.820. The van der Waals surface area contributed by atoms with Gasteiger partial charge in [-0.05, 0) is 23.5 Å². The fourth-order valence-corrected chi connectivity index (χ4v) is 1.36. The highest BCUT2D eigenvalue weighted by atomic mass is 16.3. The average Bonchev–Trinajstić information content (AvgIpc) is 2.02. The SMILES string of the molecule is Cc1ccccc1[C@@H](O)C(C)(C)C. The molecule has 0 amide bonds. The van der Waals surface area contributed by atoms with Crippen LogP contribution in [0.3, 0.4) is 0 Å². The summed E-state index contributed by atoms with van der Waals surface area (Å²) in [5.74, 6) is 0. The third-order valence-electron chi connectivity index (χ3n) is 2.30. The molecule has 0 radical (unpaired) electrons. The first-order valence-electron chi connectivity index (χ1n) is 4.66. The second-order valence-corrected chi connectivity index (χ2v) is 4.63. The molecule has 0 aromatic heterocycles. The van der Waals surface area contributed by atoms with Gasteiger partial charge in [0.25, 0.3) is 0 Å². The molecule has 0 unspecified atom stereocenters. The Morgan fingerprint density at radius 2 is 1.69 bits per heavy atom. The van der Waals surface area contributed by atoms with Crippen molar-refractivity contribution in [2.45, 2.75) is 33.8 Å². The standard InChI is InChI=1S/C12H18O/c1-9-7-5-6-8-10(9)11(13)12(2,3)4/h5-8,11,13H,1-4H3/t11-/m1/s1. The van der Waals surface area contributed by atoms with Gasteiger partial charge in [-0.2, -0.15) is 0 Å². The molecule has 0 saturated heterocycles. The number of hydrogen-bond donors (Lipinski definition) is 1. The molecule has 1 heteroatoms. The van der Waals surface area contributed by atoms with Crippen LogP contribution >= 0.6 is 0 Å². The van der Waals surface area contributed by atoms with Crippen molar-refractivity contribution in [3.05, 3.63) is 35.4 Å². The maximum atomic E-state index is 10.0. The first-order chi connectivity index (χ1) is 5.93. The van der Waals surface area contributed by atoms with E-state index in [9.17, 15) is 5.11 Å². The molecule has 1 atom stereocenters. The summed E-state index contributed by atoms with van der Waals surface area (Å²) in [5, 5.41) is 10.0. The predicted octanol–water partition coefficient (Wildman–Crippen LogP) is 3.07. The Kier molecular flexibility index (Phi) is 2.77. The Balaban J connectivity index is 3.02. The monoisotopic (exact) mass is 178 g/mol. The molecule has 0 heterocycles. The van der Waals surface area contributed by atoms with Gasteiger partial charge in [0.2, 0.25) is 0 Å². The predicted molar refractivity (Wildman–Crippen MR) is 55.6 cm³/mol. The van der Waals surface area contributed by atoms with Crippen molar-refractivity contribution in [1.82, 2.24) is 0 Å². The zero-order chi connectivity index (χ0) is 10.1. The third kappa shape index (κ3) is 2.31. The minimum atomic E-state index is -0.381. The van der Waals surface area contributed by atoms with Gasteiger partial charge >= 0.3 is 0 Å². The first kappa shape index (κ1) is 10.3. The van der Waals surface area contributed by atoms with E-state index in [1.54, 1.807) is 0 Å². The average molecular weight is 178 g/mol. The van der Waals surface area contributed by atoms with Crippen molar-refractivity contribution in [2.24, 2.45) is 5.41 Å². The summed E-state index contributed by atoms with van der Waals surface area (Å²) in [4.78, 5) is 0. The summed E-state index contributed by atoms with van der Waals surface area (Å²) >= 11 is 0. The second-order valence-electron chi connectivity index (χ2n) is 4.63. The molecular formula is C12H18O. The van der Waals surface area contributed by atoms with Gasteiger partial charge in [0.05, 0.1) is 6.10 Å². The van der Waals surface area contributed by atoms with Crippen molar-refractivity contribution in [3.8, 4) is 0 Å². The van der Waals surface area contributed by atoms with Crippen molar-refractivity contribution < 1.29 is 5.11 Å². The number of aliphatic hydroxyl groups excluding tert-OH is 1. The van der Waals surface area contributed by atoms with Gasteiger partial charge < -0.3 is 5.11 Å². The van der Waals surface area contributed by atoms with Gasteiger partial charge in [0.15, 0.2) is 0 Å². The van der Waals surface area contributed by atoms with Crippen molar-refractivity contribution >= 4 is 0 Å². The normalized spacial score (nSPS) is 14.2. The zero-order valence-corrected chi connectivity index (χ0v) is 8.83. The van der Waals surface area contributed by atoms with Gasteiger partial charge in [-0.3, -0.25) is 0 Å². The molecule has 13 heavy (non-hydrogen) atoms. The Bertz CT molecular complexity index is 283. The molecule has 1 N–H and O–H groups in total. The summed E-state index contributed by atoms with van der Waals surface area (Å²) in [5.41, 5.74) is 2.10.